The Morgan fingerprint density at radius 1 is 0.398 bits per heavy atom. The SMILES string of the molecule is Cc1cc(N2c3ccccc3C3(c4ccccc42)c2ccccc2N(c2cc(C(C)(C)C)ccn2)c2cc(Oc4cccc(-n5[c](=[Pt])n(-c6cc(C(C)(C)C)cc(C(C)(C)C)c6)c6cc(-c7ccccc7)ccc65)c4)ccc23)cc(C)c1C. The Hall–Kier alpha value is -8.31. The number of hydrogen-bond donors (Lipinski definition) is 0. The molecule has 2 aliphatic heterocycles. The number of fused-ring (bicyclic) bond motifs is 9. The number of pyridine rings is 1. The van der Waals surface area contributed by atoms with Crippen LogP contribution < -0.4 is 14.5 Å². The molecule has 0 bridgehead atoms. The number of ether oxygens (including phenoxy) is 1. The summed E-state index contributed by atoms with van der Waals surface area (Å²) in [6, 6.07) is 76.2. The van der Waals surface area contributed by atoms with Gasteiger partial charge in [-0.05, 0) is 78.8 Å². The predicted octanol–water partition coefficient (Wildman–Crippen LogP) is 20.1. The molecule has 0 radical (unpaired) electrons. The average molecular weight is 1270 g/mol. The van der Waals surface area contributed by atoms with E-state index in [-0.39, 0.29) is 16.2 Å². The summed E-state index contributed by atoms with van der Waals surface area (Å²) in [5.74, 6) is 2.31. The van der Waals surface area contributed by atoms with E-state index in [0.717, 1.165) is 77.5 Å². The maximum atomic E-state index is 7.23. The van der Waals surface area contributed by atoms with Crippen molar-refractivity contribution in [1.29, 1.82) is 0 Å². The summed E-state index contributed by atoms with van der Waals surface area (Å²) >= 11 is 2.54. The molecule has 0 N–H and O–H groups in total. The quantitative estimate of drug-likeness (QED) is 0.159. The molecule has 0 saturated carbocycles. The molecule has 0 amide bonds. The Labute approximate surface area is 500 Å². The van der Waals surface area contributed by atoms with E-state index in [9.17, 15) is 0 Å². The molecule has 2 aromatic heterocycles. The zero-order chi connectivity index (χ0) is 57.9. The minimum atomic E-state index is -0.733. The van der Waals surface area contributed by atoms with Crippen LogP contribution in [-0.2, 0) is 41.0 Å². The smallest absolute Gasteiger partial charge is 0.0348 e. The third kappa shape index (κ3) is 9.04. The molecule has 2 aliphatic rings. The second-order valence-electron chi connectivity index (χ2n) is 25.9. The van der Waals surface area contributed by atoms with Gasteiger partial charge in [-0.25, -0.2) is 0 Å². The van der Waals surface area contributed by atoms with Crippen molar-refractivity contribution in [2.24, 2.45) is 0 Å². The van der Waals surface area contributed by atoms with Gasteiger partial charge in [0, 0.05) is 11.9 Å². The van der Waals surface area contributed by atoms with Crippen LogP contribution in [0.25, 0.3) is 33.5 Å². The van der Waals surface area contributed by atoms with Crippen molar-refractivity contribution in [1.82, 2.24) is 14.1 Å². The van der Waals surface area contributed by atoms with Crippen molar-refractivity contribution in [2.75, 3.05) is 9.80 Å². The van der Waals surface area contributed by atoms with Crippen molar-refractivity contribution in [2.45, 2.75) is 105 Å². The van der Waals surface area contributed by atoms with Crippen LogP contribution in [0, 0.1) is 24.6 Å². The topological polar surface area (TPSA) is 38.5 Å². The standard InChI is InChI=1S/C76H71N5O.Pt/c1-49-39-59(40-50(2)51(49)3)80-66-30-19-16-27-62(66)76(63-28-17-20-31-67(63)80)64-29-18-21-32-68(64)81(72-45-54(37-38-77-72)73(4,5)6)70-47-61(34-35-65(70)76)82-60-26-22-25-57(46-60)78-48-79(58-43-55(74(7,8)9)42-56(44-58)75(10,11)12)71-41-53(33-36-69(71)78)52-23-14-13-15-24-52;/h13-47H,1-12H3;. The molecule has 83 heavy (non-hydrogen) atoms. The van der Waals surface area contributed by atoms with Crippen molar-refractivity contribution in [3.05, 3.63) is 272 Å². The van der Waals surface area contributed by atoms with Gasteiger partial charge in [0.15, 0.2) is 0 Å². The molecule has 416 valence electrons. The third-order valence-electron chi connectivity index (χ3n) is 17.4. The number of rotatable bonds is 7. The van der Waals surface area contributed by atoms with Crippen LogP contribution in [0.1, 0.15) is 118 Å². The maximum Gasteiger partial charge on any atom is -0.0348 e. The van der Waals surface area contributed by atoms with Crippen LogP contribution in [0.2, 0.25) is 0 Å². The molecule has 0 fully saturated rings. The predicted molar refractivity (Wildman–Crippen MR) is 341 cm³/mol. The number of hydrogen-bond acceptors (Lipinski definition) is 4. The molecule has 0 atom stereocenters. The van der Waals surface area contributed by atoms with Crippen LogP contribution in [0.5, 0.6) is 11.5 Å². The second kappa shape index (κ2) is 20.0. The Morgan fingerprint density at radius 3 is 1.54 bits per heavy atom. The molecule has 0 unspecified atom stereocenters. The van der Waals surface area contributed by atoms with Gasteiger partial charge < -0.3 is 4.90 Å². The normalized spacial score (nSPS) is 13.7. The molecule has 9 aromatic carbocycles. The Bertz CT molecular complexity index is 4340. The van der Waals surface area contributed by atoms with Gasteiger partial charge in [0.2, 0.25) is 0 Å². The molecule has 0 aliphatic carbocycles. The van der Waals surface area contributed by atoms with Crippen LogP contribution in [0.3, 0.4) is 0 Å². The van der Waals surface area contributed by atoms with Gasteiger partial charge in [0.25, 0.3) is 0 Å². The second-order valence-corrected chi connectivity index (χ2v) is 26.9. The number of benzene rings is 9. The summed E-state index contributed by atoms with van der Waals surface area (Å²) in [7, 11) is 0. The summed E-state index contributed by atoms with van der Waals surface area (Å²) in [4.78, 5) is 10.1. The monoisotopic (exact) mass is 1260 g/mol. The van der Waals surface area contributed by atoms with E-state index in [1.54, 1.807) is 0 Å². The molecule has 0 saturated heterocycles. The van der Waals surface area contributed by atoms with Gasteiger partial charge in [-0.15, -0.1) is 0 Å². The largest absolute Gasteiger partial charge is 0.0459 e. The third-order valence-corrected chi connectivity index (χ3v) is 18.4. The van der Waals surface area contributed by atoms with E-state index in [0.29, 0.717) is 0 Å². The average Bonchev–Trinajstić information content (AvgIpc) is 1.78. The summed E-state index contributed by atoms with van der Waals surface area (Å²) in [6.45, 7) is 27.3. The summed E-state index contributed by atoms with van der Waals surface area (Å²) in [5, 5.41) is 0. The zero-order valence-corrected chi connectivity index (χ0v) is 51.9. The first kappa shape index (κ1) is 54.0. The number of para-hydroxylation sites is 3. The zero-order valence-electron chi connectivity index (χ0n) is 49.7. The van der Waals surface area contributed by atoms with E-state index < -0.39 is 5.41 Å². The molecule has 7 heteroatoms. The molecule has 1 spiro atoms. The summed E-state index contributed by atoms with van der Waals surface area (Å²) in [6.07, 6.45) is 1.96. The van der Waals surface area contributed by atoms with E-state index in [4.69, 9.17) is 9.72 Å². The van der Waals surface area contributed by atoms with Crippen molar-refractivity contribution in [3.8, 4) is 34.0 Å². The molecular formula is C76H71N5OPt. The fourth-order valence-corrected chi connectivity index (χ4v) is 13.9. The number of aromatic nitrogens is 3. The van der Waals surface area contributed by atoms with Gasteiger partial charge in [0.05, 0.1) is 11.4 Å². The van der Waals surface area contributed by atoms with Crippen molar-refractivity contribution >= 4 is 45.3 Å². The number of nitrogens with zero attached hydrogens (tertiary/aromatic N) is 5. The van der Waals surface area contributed by atoms with Crippen LogP contribution >= 0.6 is 0 Å². The molecular weight excluding hydrogens is 1190 g/mol. The fraction of sp³-hybridized carbons (Fsp3) is 0.211. The van der Waals surface area contributed by atoms with Gasteiger partial charge in [-0.2, -0.15) is 0 Å². The van der Waals surface area contributed by atoms with Gasteiger partial charge in [-0.3, -0.25) is 0 Å². The summed E-state index contributed by atoms with van der Waals surface area (Å²) in [5.41, 5.74) is 23.7. The minimum absolute atomic E-state index is 0.0567. The summed E-state index contributed by atoms with van der Waals surface area (Å²) < 4.78 is 13.1. The molecule has 4 heterocycles. The Kier molecular flexibility index (Phi) is 13.0. The van der Waals surface area contributed by atoms with E-state index in [1.165, 1.54) is 61.2 Å². The van der Waals surface area contributed by atoms with Gasteiger partial charge >= 0.3 is 322 Å². The first-order valence-electron chi connectivity index (χ1n) is 29.0. The molecule has 11 aromatic rings. The van der Waals surface area contributed by atoms with Crippen molar-refractivity contribution in [3.63, 3.8) is 0 Å². The maximum absolute atomic E-state index is 7.23. The van der Waals surface area contributed by atoms with Crippen LogP contribution in [-0.4, -0.2) is 14.1 Å². The van der Waals surface area contributed by atoms with Crippen molar-refractivity contribution < 1.29 is 24.1 Å². The fourth-order valence-electron chi connectivity index (χ4n) is 12.7. The van der Waals surface area contributed by atoms with Gasteiger partial charge in [-0.1, -0.05) is 75.4 Å². The first-order chi connectivity index (χ1) is 39.7. The first-order valence-corrected chi connectivity index (χ1v) is 30.1. The number of aryl methyl sites for hydroxylation is 2. The van der Waals surface area contributed by atoms with Crippen LogP contribution in [0.15, 0.2) is 212 Å². The van der Waals surface area contributed by atoms with E-state index in [1.807, 2.05) is 6.20 Å². The minimum Gasteiger partial charge on any atom is -0.0459 e. The van der Waals surface area contributed by atoms with E-state index >= 15 is 0 Å². The number of imidazole rings is 1. The number of anilines is 6. The Morgan fingerprint density at radius 2 is 0.940 bits per heavy atom. The van der Waals surface area contributed by atoms with Gasteiger partial charge in [0.1, 0.15) is 0 Å². The molecule has 6 nitrogen and oxygen atoms in total. The van der Waals surface area contributed by atoms with Crippen LogP contribution in [0.4, 0.5) is 34.3 Å². The Balaban J connectivity index is 1.00. The van der Waals surface area contributed by atoms with E-state index in [2.05, 4.69) is 328 Å². The molecule has 13 rings (SSSR count).